The Labute approximate surface area is 133 Å². The summed E-state index contributed by atoms with van der Waals surface area (Å²) in [6.45, 7) is 2.08. The van der Waals surface area contributed by atoms with E-state index in [9.17, 15) is 13.2 Å². The number of amides is 1. The molecule has 1 aliphatic carbocycles. The van der Waals surface area contributed by atoms with Crippen molar-refractivity contribution in [1.82, 2.24) is 5.32 Å². The number of halogens is 2. The maximum atomic E-state index is 12.3. The van der Waals surface area contributed by atoms with Crippen LogP contribution in [0.2, 0.25) is 10.0 Å². The molecule has 0 aliphatic heterocycles. The van der Waals surface area contributed by atoms with Crippen LogP contribution in [0.3, 0.4) is 0 Å². The van der Waals surface area contributed by atoms with E-state index in [-0.39, 0.29) is 26.5 Å². The summed E-state index contributed by atoms with van der Waals surface area (Å²) in [7, 11) is -4.01. The zero-order valence-corrected chi connectivity index (χ0v) is 13.7. The molecule has 1 aliphatic rings. The van der Waals surface area contributed by atoms with Gasteiger partial charge >= 0.3 is 0 Å². The number of primary sulfonamides is 1. The maximum Gasteiger partial charge on any atom is 0.254 e. The number of hydrogen-bond donors (Lipinski definition) is 2. The van der Waals surface area contributed by atoms with Gasteiger partial charge in [-0.05, 0) is 30.9 Å². The van der Waals surface area contributed by atoms with E-state index in [1.54, 1.807) is 0 Å². The first-order valence-electron chi connectivity index (χ1n) is 6.57. The minimum Gasteiger partial charge on any atom is -0.349 e. The van der Waals surface area contributed by atoms with Crippen LogP contribution in [0.15, 0.2) is 17.0 Å². The van der Waals surface area contributed by atoms with Gasteiger partial charge in [-0.25, -0.2) is 13.6 Å². The molecule has 116 valence electrons. The van der Waals surface area contributed by atoms with Crippen molar-refractivity contribution in [3.05, 3.63) is 27.7 Å². The van der Waals surface area contributed by atoms with Crippen molar-refractivity contribution in [3.8, 4) is 0 Å². The van der Waals surface area contributed by atoms with E-state index in [1.165, 1.54) is 12.1 Å². The number of carbonyl (C=O) groups excluding carboxylic acids is 1. The van der Waals surface area contributed by atoms with Crippen molar-refractivity contribution >= 4 is 39.1 Å². The topological polar surface area (TPSA) is 89.3 Å². The first kappa shape index (κ1) is 16.5. The molecule has 3 N–H and O–H groups in total. The maximum absolute atomic E-state index is 12.3. The number of sulfonamides is 1. The molecule has 21 heavy (non-hydrogen) atoms. The fourth-order valence-corrected chi connectivity index (χ4v) is 3.79. The monoisotopic (exact) mass is 350 g/mol. The third-order valence-corrected chi connectivity index (χ3v) is 5.26. The Morgan fingerprint density at radius 1 is 1.43 bits per heavy atom. The second-order valence-corrected chi connectivity index (χ2v) is 7.46. The molecule has 1 amide bonds. The van der Waals surface area contributed by atoms with Gasteiger partial charge < -0.3 is 5.32 Å². The lowest BCUT2D eigenvalue weighted by Gasteiger charge is -2.11. The van der Waals surface area contributed by atoms with Crippen LogP contribution in [-0.2, 0) is 10.0 Å². The van der Waals surface area contributed by atoms with Crippen molar-refractivity contribution in [1.29, 1.82) is 0 Å². The van der Waals surface area contributed by atoms with Crippen LogP contribution in [0, 0.1) is 5.92 Å². The lowest BCUT2D eigenvalue weighted by Crippen LogP contribution is -2.28. The molecule has 0 aromatic heterocycles. The predicted octanol–water partition coefficient (Wildman–Crippen LogP) is 2.56. The SMILES string of the molecule is CCCC1CC1NC(=O)c1c(Cl)ccc(S(N)(=O)=O)c1Cl. The molecule has 0 heterocycles. The van der Waals surface area contributed by atoms with E-state index < -0.39 is 15.9 Å². The van der Waals surface area contributed by atoms with Gasteiger partial charge in [-0.2, -0.15) is 0 Å². The smallest absolute Gasteiger partial charge is 0.254 e. The predicted molar refractivity (Wildman–Crippen MR) is 82.1 cm³/mol. The van der Waals surface area contributed by atoms with Crippen LogP contribution in [0.1, 0.15) is 36.5 Å². The number of nitrogens with one attached hydrogen (secondary N) is 1. The van der Waals surface area contributed by atoms with Gasteiger partial charge in [0.15, 0.2) is 0 Å². The molecular formula is C13H16Cl2N2O3S. The molecule has 1 aromatic rings. The average Bonchev–Trinajstić information content (AvgIpc) is 3.05. The van der Waals surface area contributed by atoms with Crippen molar-refractivity contribution < 1.29 is 13.2 Å². The number of hydrogen-bond acceptors (Lipinski definition) is 3. The summed E-state index contributed by atoms with van der Waals surface area (Å²) in [6, 6.07) is 2.59. The summed E-state index contributed by atoms with van der Waals surface area (Å²) in [4.78, 5) is 11.9. The second kappa shape index (κ2) is 6.12. The zero-order chi connectivity index (χ0) is 15.8. The Morgan fingerprint density at radius 2 is 2.10 bits per heavy atom. The Bertz CT molecular complexity index is 676. The average molecular weight is 351 g/mol. The quantitative estimate of drug-likeness (QED) is 0.854. The van der Waals surface area contributed by atoms with Gasteiger partial charge in [-0.1, -0.05) is 36.5 Å². The summed E-state index contributed by atoms with van der Waals surface area (Å²) in [5, 5.41) is 7.74. The summed E-state index contributed by atoms with van der Waals surface area (Å²) in [5.74, 6) is -0.00275. The van der Waals surface area contributed by atoms with Gasteiger partial charge in [0.2, 0.25) is 10.0 Å². The Hall–Kier alpha value is -0.820. The van der Waals surface area contributed by atoms with Gasteiger partial charge in [0.1, 0.15) is 4.90 Å². The van der Waals surface area contributed by atoms with E-state index >= 15 is 0 Å². The molecule has 1 fully saturated rings. The third-order valence-electron chi connectivity index (χ3n) is 3.49. The van der Waals surface area contributed by atoms with Gasteiger partial charge in [0, 0.05) is 6.04 Å². The number of benzene rings is 1. The van der Waals surface area contributed by atoms with Crippen LogP contribution in [-0.4, -0.2) is 20.4 Å². The molecule has 2 rings (SSSR count). The van der Waals surface area contributed by atoms with E-state index in [0.717, 1.165) is 19.3 Å². The van der Waals surface area contributed by atoms with Crippen molar-refractivity contribution in [2.24, 2.45) is 11.1 Å². The van der Waals surface area contributed by atoms with Gasteiger partial charge in [0.25, 0.3) is 5.91 Å². The molecule has 5 nitrogen and oxygen atoms in total. The lowest BCUT2D eigenvalue weighted by molar-refractivity contribution is 0.0949. The number of nitrogens with two attached hydrogens (primary N) is 1. The van der Waals surface area contributed by atoms with Crippen LogP contribution in [0.4, 0.5) is 0 Å². The Balaban J connectivity index is 2.25. The molecule has 2 atom stereocenters. The minimum atomic E-state index is -4.01. The molecule has 0 radical (unpaired) electrons. The standard InChI is InChI=1S/C13H16Cl2N2O3S/c1-2-3-7-6-9(7)17-13(18)11-8(14)4-5-10(12(11)15)21(16,19)20/h4-5,7,9H,2-3,6H2,1H3,(H,17,18)(H2,16,19,20). The highest BCUT2D eigenvalue weighted by atomic mass is 35.5. The number of rotatable bonds is 5. The summed E-state index contributed by atoms with van der Waals surface area (Å²) in [6.07, 6.45) is 3.02. The highest BCUT2D eigenvalue weighted by Crippen LogP contribution is 2.36. The fourth-order valence-electron chi connectivity index (χ4n) is 2.32. The van der Waals surface area contributed by atoms with Crippen molar-refractivity contribution in [2.75, 3.05) is 0 Å². The van der Waals surface area contributed by atoms with Gasteiger partial charge in [0.05, 0.1) is 15.6 Å². The van der Waals surface area contributed by atoms with Gasteiger partial charge in [-0.15, -0.1) is 0 Å². The highest BCUT2D eigenvalue weighted by Gasteiger charge is 2.38. The molecular weight excluding hydrogens is 335 g/mol. The molecule has 8 heteroatoms. The molecule has 0 spiro atoms. The van der Waals surface area contributed by atoms with Gasteiger partial charge in [-0.3, -0.25) is 4.79 Å². The van der Waals surface area contributed by atoms with E-state index in [0.29, 0.717) is 5.92 Å². The largest absolute Gasteiger partial charge is 0.349 e. The van der Waals surface area contributed by atoms with E-state index in [2.05, 4.69) is 12.2 Å². The Morgan fingerprint density at radius 3 is 2.67 bits per heavy atom. The summed E-state index contributed by atoms with van der Waals surface area (Å²) in [5.41, 5.74) is -0.0491. The first-order valence-corrected chi connectivity index (χ1v) is 8.87. The lowest BCUT2D eigenvalue weighted by atomic mass is 10.2. The summed E-state index contributed by atoms with van der Waals surface area (Å²) >= 11 is 12.0. The normalized spacial score (nSPS) is 21.1. The fraction of sp³-hybridized carbons (Fsp3) is 0.462. The Kier molecular flexibility index (Phi) is 4.82. The number of carbonyl (C=O) groups is 1. The van der Waals surface area contributed by atoms with Crippen molar-refractivity contribution in [2.45, 2.75) is 37.1 Å². The van der Waals surface area contributed by atoms with E-state index in [4.69, 9.17) is 28.3 Å². The minimum absolute atomic E-state index is 0.0491. The highest BCUT2D eigenvalue weighted by molar-refractivity contribution is 7.89. The third kappa shape index (κ3) is 3.69. The van der Waals surface area contributed by atoms with E-state index in [1.807, 2.05) is 0 Å². The zero-order valence-electron chi connectivity index (χ0n) is 11.4. The molecule has 1 saturated carbocycles. The molecule has 0 bridgehead atoms. The summed E-state index contributed by atoms with van der Waals surface area (Å²) < 4.78 is 22.9. The first-order chi connectivity index (χ1) is 9.75. The molecule has 1 aromatic carbocycles. The van der Waals surface area contributed by atoms with Crippen LogP contribution >= 0.6 is 23.2 Å². The van der Waals surface area contributed by atoms with Crippen LogP contribution in [0.5, 0.6) is 0 Å². The van der Waals surface area contributed by atoms with Crippen molar-refractivity contribution in [3.63, 3.8) is 0 Å². The van der Waals surface area contributed by atoms with Crippen LogP contribution < -0.4 is 10.5 Å². The molecule has 0 saturated heterocycles. The van der Waals surface area contributed by atoms with Crippen LogP contribution in [0.25, 0.3) is 0 Å². The molecule has 2 unspecified atom stereocenters. The second-order valence-electron chi connectivity index (χ2n) is 5.14.